The van der Waals surface area contributed by atoms with Crippen molar-refractivity contribution in [3.8, 4) is 0 Å². The van der Waals surface area contributed by atoms with Crippen molar-refractivity contribution >= 4 is 0 Å². The van der Waals surface area contributed by atoms with Crippen LogP contribution >= 0.6 is 0 Å². The van der Waals surface area contributed by atoms with Crippen molar-refractivity contribution < 1.29 is 9.26 Å². The molecule has 118 valence electrons. The Morgan fingerprint density at radius 2 is 2.05 bits per heavy atom. The van der Waals surface area contributed by atoms with E-state index < -0.39 is 0 Å². The average molecular weight is 293 g/mol. The molecule has 1 aromatic rings. The maximum absolute atomic E-state index is 5.84. The lowest BCUT2D eigenvalue weighted by Gasteiger charge is -2.38. The van der Waals surface area contributed by atoms with Gasteiger partial charge in [-0.1, -0.05) is 24.9 Å². The predicted octanol–water partition coefficient (Wildman–Crippen LogP) is 3.02. The predicted molar refractivity (Wildman–Crippen MR) is 80.0 cm³/mol. The second-order valence-corrected chi connectivity index (χ2v) is 6.89. The van der Waals surface area contributed by atoms with Gasteiger partial charge < -0.3 is 14.6 Å². The van der Waals surface area contributed by atoms with E-state index in [9.17, 15) is 0 Å². The fraction of sp³-hybridized carbons (Fsp3) is 0.875. The number of rotatable bonds is 6. The van der Waals surface area contributed by atoms with E-state index in [1.54, 1.807) is 0 Å². The normalized spacial score (nSPS) is 28.3. The number of hydrogen-bond donors (Lipinski definition) is 1. The van der Waals surface area contributed by atoms with Crippen LogP contribution in [0.4, 0.5) is 0 Å². The summed E-state index contributed by atoms with van der Waals surface area (Å²) in [6.07, 6.45) is 7.68. The van der Waals surface area contributed by atoms with Gasteiger partial charge in [0.25, 0.3) is 5.89 Å². The van der Waals surface area contributed by atoms with Crippen LogP contribution in [0.2, 0.25) is 0 Å². The van der Waals surface area contributed by atoms with E-state index in [2.05, 4.69) is 29.3 Å². The molecule has 0 atom stereocenters. The smallest absolute Gasteiger partial charge is 0.252 e. The third-order valence-electron chi connectivity index (χ3n) is 4.93. The first kappa shape index (κ1) is 15.0. The van der Waals surface area contributed by atoms with E-state index >= 15 is 0 Å². The minimum absolute atomic E-state index is 0.0627. The van der Waals surface area contributed by atoms with E-state index in [0.29, 0.717) is 18.4 Å². The Bertz CT molecular complexity index is 448. The Morgan fingerprint density at radius 1 is 1.29 bits per heavy atom. The van der Waals surface area contributed by atoms with Gasteiger partial charge in [0.1, 0.15) is 6.61 Å². The molecule has 1 saturated carbocycles. The highest BCUT2D eigenvalue weighted by atomic mass is 16.5. The third kappa shape index (κ3) is 3.64. The molecule has 0 bridgehead atoms. The first-order chi connectivity index (χ1) is 10.2. The zero-order valence-electron chi connectivity index (χ0n) is 13.2. The van der Waals surface area contributed by atoms with Gasteiger partial charge >= 0.3 is 0 Å². The molecule has 1 aliphatic carbocycles. The molecule has 1 aromatic heterocycles. The zero-order valence-corrected chi connectivity index (χ0v) is 13.2. The van der Waals surface area contributed by atoms with Crippen LogP contribution < -0.4 is 5.32 Å². The summed E-state index contributed by atoms with van der Waals surface area (Å²) in [4.78, 5) is 4.54. The number of ether oxygens (including phenoxy) is 1. The van der Waals surface area contributed by atoms with E-state index in [1.807, 2.05) is 0 Å². The molecule has 1 N–H and O–H groups in total. The summed E-state index contributed by atoms with van der Waals surface area (Å²) in [5.41, 5.74) is -0.0627. The summed E-state index contributed by atoms with van der Waals surface area (Å²) in [5.74, 6) is 2.90. The van der Waals surface area contributed by atoms with E-state index in [0.717, 1.165) is 24.8 Å². The lowest BCUT2D eigenvalue weighted by atomic mass is 9.80. The molecule has 1 aliphatic heterocycles. The Labute approximate surface area is 126 Å². The minimum Gasteiger partial charge on any atom is -0.363 e. The Balaban J connectivity index is 1.48. The Hall–Kier alpha value is -0.940. The summed E-state index contributed by atoms with van der Waals surface area (Å²) in [7, 11) is 0. The van der Waals surface area contributed by atoms with Crippen LogP contribution in [0, 0.1) is 5.92 Å². The highest BCUT2D eigenvalue weighted by Crippen LogP contribution is 2.36. The number of hydrogen-bond acceptors (Lipinski definition) is 5. The van der Waals surface area contributed by atoms with Crippen LogP contribution in [-0.2, 0) is 11.3 Å². The van der Waals surface area contributed by atoms with E-state index in [-0.39, 0.29) is 5.60 Å². The largest absolute Gasteiger partial charge is 0.363 e. The van der Waals surface area contributed by atoms with Crippen molar-refractivity contribution in [1.29, 1.82) is 0 Å². The fourth-order valence-electron chi connectivity index (χ4n) is 3.43. The molecule has 0 spiro atoms. The molecule has 0 amide bonds. The molecular formula is C16H27N3O2. The molecule has 0 radical (unpaired) electrons. The summed E-state index contributed by atoms with van der Waals surface area (Å²) in [6.45, 7) is 6.60. The average Bonchev–Trinajstić information content (AvgIpc) is 2.93. The standard InChI is InChI=1S/C16H27N3O2/c1-3-4-12-5-7-13(8-6-12)15-18-14(21-19-15)9-20-16(2)10-17-11-16/h12-13,17H,3-11H2,1-2H3. The van der Waals surface area contributed by atoms with Crippen molar-refractivity contribution in [2.75, 3.05) is 13.1 Å². The molecule has 21 heavy (non-hydrogen) atoms. The van der Waals surface area contributed by atoms with Gasteiger partial charge in [-0.2, -0.15) is 4.98 Å². The molecule has 2 fully saturated rings. The molecule has 2 heterocycles. The first-order valence-electron chi connectivity index (χ1n) is 8.36. The van der Waals surface area contributed by atoms with Crippen molar-refractivity contribution in [2.45, 2.75) is 70.5 Å². The van der Waals surface area contributed by atoms with Crippen LogP contribution in [0.1, 0.15) is 70.0 Å². The monoisotopic (exact) mass is 293 g/mol. The number of nitrogens with zero attached hydrogens (tertiary/aromatic N) is 2. The molecule has 3 rings (SSSR count). The second-order valence-electron chi connectivity index (χ2n) is 6.89. The van der Waals surface area contributed by atoms with E-state index in [1.165, 1.54) is 38.5 Å². The van der Waals surface area contributed by atoms with E-state index in [4.69, 9.17) is 9.26 Å². The quantitative estimate of drug-likeness (QED) is 0.873. The van der Waals surface area contributed by atoms with Crippen molar-refractivity contribution in [1.82, 2.24) is 15.5 Å². The summed E-state index contributed by atoms with van der Waals surface area (Å²) in [6, 6.07) is 0. The van der Waals surface area contributed by atoms with Crippen LogP contribution in [0.25, 0.3) is 0 Å². The number of aromatic nitrogens is 2. The maximum atomic E-state index is 5.84. The maximum Gasteiger partial charge on any atom is 0.252 e. The summed E-state index contributed by atoms with van der Waals surface area (Å²) in [5, 5.41) is 7.39. The van der Waals surface area contributed by atoms with Gasteiger partial charge in [-0.25, -0.2) is 0 Å². The SMILES string of the molecule is CCCC1CCC(c2noc(COC3(C)CNC3)n2)CC1. The van der Waals surface area contributed by atoms with Gasteiger partial charge in [-0.3, -0.25) is 0 Å². The van der Waals surface area contributed by atoms with Gasteiger partial charge in [0.15, 0.2) is 5.82 Å². The molecular weight excluding hydrogens is 266 g/mol. The zero-order chi connectivity index (χ0) is 14.7. The van der Waals surface area contributed by atoms with Crippen LogP contribution in [-0.4, -0.2) is 28.8 Å². The molecule has 5 heteroatoms. The Kier molecular flexibility index (Phi) is 4.60. The molecule has 1 saturated heterocycles. The van der Waals surface area contributed by atoms with Crippen molar-refractivity contribution in [2.24, 2.45) is 5.92 Å². The van der Waals surface area contributed by atoms with Crippen LogP contribution in [0.5, 0.6) is 0 Å². The first-order valence-corrected chi connectivity index (χ1v) is 8.36. The lowest BCUT2D eigenvalue weighted by molar-refractivity contribution is -0.0841. The van der Waals surface area contributed by atoms with Crippen molar-refractivity contribution in [3.63, 3.8) is 0 Å². The van der Waals surface area contributed by atoms with Gasteiger partial charge in [0.2, 0.25) is 0 Å². The van der Waals surface area contributed by atoms with Gasteiger partial charge in [0.05, 0.1) is 5.60 Å². The van der Waals surface area contributed by atoms with Crippen LogP contribution in [0.15, 0.2) is 4.52 Å². The highest BCUT2D eigenvalue weighted by Gasteiger charge is 2.33. The van der Waals surface area contributed by atoms with Crippen molar-refractivity contribution in [3.05, 3.63) is 11.7 Å². The van der Waals surface area contributed by atoms with Gasteiger partial charge in [-0.15, -0.1) is 0 Å². The molecule has 2 aliphatic rings. The summed E-state index contributed by atoms with van der Waals surface area (Å²) >= 11 is 0. The molecule has 0 aromatic carbocycles. The minimum atomic E-state index is -0.0627. The topological polar surface area (TPSA) is 60.2 Å². The second kappa shape index (κ2) is 6.44. The van der Waals surface area contributed by atoms with Gasteiger partial charge in [-0.05, 0) is 38.5 Å². The third-order valence-corrected chi connectivity index (χ3v) is 4.93. The Morgan fingerprint density at radius 3 is 2.67 bits per heavy atom. The summed E-state index contributed by atoms with van der Waals surface area (Å²) < 4.78 is 11.2. The highest BCUT2D eigenvalue weighted by molar-refractivity contribution is 4.98. The fourth-order valence-corrected chi connectivity index (χ4v) is 3.43. The lowest BCUT2D eigenvalue weighted by Crippen LogP contribution is -2.58. The van der Waals surface area contributed by atoms with Crippen LogP contribution in [0.3, 0.4) is 0 Å². The van der Waals surface area contributed by atoms with Gasteiger partial charge in [0, 0.05) is 19.0 Å². The number of nitrogens with one attached hydrogen (secondary N) is 1. The molecule has 5 nitrogen and oxygen atoms in total. The molecule has 0 unspecified atom stereocenters.